The molecule has 0 spiro atoms. The number of thioether (sulfide) groups is 1. The summed E-state index contributed by atoms with van der Waals surface area (Å²) in [7, 11) is 0. The second-order valence-corrected chi connectivity index (χ2v) is 3.70. The van der Waals surface area contributed by atoms with Crippen LogP contribution in [0.15, 0.2) is 47.4 Å². The van der Waals surface area contributed by atoms with Gasteiger partial charge in [-0.1, -0.05) is 48.2 Å². The molecule has 0 aromatic heterocycles. The van der Waals surface area contributed by atoms with Crippen LogP contribution in [-0.2, 0) is 5.11 Å². The van der Waals surface area contributed by atoms with Gasteiger partial charge in [-0.15, -0.1) is 0 Å². The standard InChI is InChI=1S/C11H9OS/c12-8-13-11-7-3-5-9-4-1-2-6-10(9)11/h1-7H,8H2. The Morgan fingerprint density at radius 2 is 1.77 bits per heavy atom. The summed E-state index contributed by atoms with van der Waals surface area (Å²) in [6.45, 7) is 0. The van der Waals surface area contributed by atoms with Gasteiger partial charge in [0, 0.05) is 4.90 Å². The number of hydrogen-bond donors (Lipinski definition) is 0. The van der Waals surface area contributed by atoms with Crippen molar-refractivity contribution in [3.05, 3.63) is 42.5 Å². The maximum Gasteiger partial charge on any atom is 0.132 e. The van der Waals surface area contributed by atoms with Gasteiger partial charge in [0.1, 0.15) is 5.94 Å². The van der Waals surface area contributed by atoms with E-state index in [9.17, 15) is 5.11 Å². The van der Waals surface area contributed by atoms with E-state index < -0.39 is 0 Å². The SMILES string of the molecule is [O]CSc1cccc2ccccc12. The van der Waals surface area contributed by atoms with Crippen LogP contribution in [0.2, 0.25) is 0 Å². The quantitative estimate of drug-likeness (QED) is 0.524. The normalized spacial score (nSPS) is 10.5. The van der Waals surface area contributed by atoms with Gasteiger partial charge in [0.2, 0.25) is 0 Å². The molecule has 0 heterocycles. The zero-order valence-corrected chi connectivity index (χ0v) is 7.88. The zero-order chi connectivity index (χ0) is 9.10. The molecule has 2 aromatic rings. The van der Waals surface area contributed by atoms with Crippen molar-refractivity contribution in [1.82, 2.24) is 0 Å². The minimum Gasteiger partial charge on any atom is -0.225 e. The van der Waals surface area contributed by atoms with Crippen molar-refractivity contribution in [2.24, 2.45) is 0 Å². The molecular weight excluding hydrogens is 180 g/mol. The van der Waals surface area contributed by atoms with E-state index >= 15 is 0 Å². The van der Waals surface area contributed by atoms with Gasteiger partial charge in [-0.05, 0) is 16.8 Å². The van der Waals surface area contributed by atoms with Crippen molar-refractivity contribution >= 4 is 22.5 Å². The largest absolute Gasteiger partial charge is 0.225 e. The highest BCUT2D eigenvalue weighted by Gasteiger charge is 1.98. The summed E-state index contributed by atoms with van der Waals surface area (Å²) in [5.41, 5.74) is 0. The minimum absolute atomic E-state index is 0.117. The Hall–Kier alpha value is -0.990. The Labute approximate surface area is 81.4 Å². The summed E-state index contributed by atoms with van der Waals surface area (Å²) in [5, 5.41) is 12.9. The molecule has 0 N–H and O–H groups in total. The van der Waals surface area contributed by atoms with E-state index in [1.807, 2.05) is 30.3 Å². The topological polar surface area (TPSA) is 19.9 Å². The third-order valence-corrected chi connectivity index (χ3v) is 2.75. The highest BCUT2D eigenvalue weighted by atomic mass is 32.2. The van der Waals surface area contributed by atoms with Crippen molar-refractivity contribution in [2.75, 3.05) is 5.94 Å². The minimum atomic E-state index is -0.117. The van der Waals surface area contributed by atoms with E-state index in [0.29, 0.717) is 0 Å². The molecule has 1 radical (unpaired) electrons. The van der Waals surface area contributed by atoms with Crippen LogP contribution >= 0.6 is 11.8 Å². The average molecular weight is 189 g/mol. The lowest BCUT2D eigenvalue weighted by molar-refractivity contribution is 0.260. The molecule has 0 unspecified atom stereocenters. The fourth-order valence-corrected chi connectivity index (χ4v) is 2.03. The van der Waals surface area contributed by atoms with Gasteiger partial charge >= 0.3 is 0 Å². The Morgan fingerprint density at radius 1 is 1.00 bits per heavy atom. The molecule has 1 nitrogen and oxygen atoms in total. The van der Waals surface area contributed by atoms with Crippen molar-refractivity contribution in [3.63, 3.8) is 0 Å². The van der Waals surface area contributed by atoms with Gasteiger partial charge in [-0.2, -0.15) is 0 Å². The number of hydrogen-bond acceptors (Lipinski definition) is 1. The maximum atomic E-state index is 10.5. The van der Waals surface area contributed by atoms with Crippen LogP contribution in [0.5, 0.6) is 0 Å². The Morgan fingerprint density at radius 3 is 2.62 bits per heavy atom. The predicted octanol–water partition coefficient (Wildman–Crippen LogP) is 3.32. The number of fused-ring (bicyclic) bond motifs is 1. The summed E-state index contributed by atoms with van der Waals surface area (Å²) in [6.07, 6.45) is 0. The molecule has 0 atom stereocenters. The first-order chi connectivity index (χ1) is 6.42. The first-order valence-corrected chi connectivity index (χ1v) is 5.09. The highest BCUT2D eigenvalue weighted by molar-refractivity contribution is 7.99. The fraction of sp³-hybridized carbons (Fsp3) is 0.0909. The molecule has 0 saturated carbocycles. The third-order valence-electron chi connectivity index (χ3n) is 1.96. The van der Waals surface area contributed by atoms with Crippen LogP contribution in [0.25, 0.3) is 10.8 Å². The van der Waals surface area contributed by atoms with Crippen molar-refractivity contribution < 1.29 is 5.11 Å². The molecule has 0 fully saturated rings. The first-order valence-electron chi connectivity index (χ1n) is 4.10. The van der Waals surface area contributed by atoms with E-state index in [4.69, 9.17) is 0 Å². The Bertz CT molecular complexity index is 406. The van der Waals surface area contributed by atoms with E-state index in [0.717, 1.165) is 4.90 Å². The maximum absolute atomic E-state index is 10.5. The van der Waals surface area contributed by atoms with E-state index in [1.54, 1.807) is 0 Å². The first kappa shape index (κ1) is 8.60. The molecule has 0 aliphatic carbocycles. The second kappa shape index (κ2) is 3.81. The van der Waals surface area contributed by atoms with Gasteiger partial charge in [-0.25, -0.2) is 5.11 Å². The summed E-state index contributed by atoms with van der Waals surface area (Å²) >= 11 is 1.35. The molecule has 2 aromatic carbocycles. The second-order valence-electron chi connectivity index (χ2n) is 2.74. The third kappa shape index (κ3) is 1.69. The molecule has 0 saturated heterocycles. The highest BCUT2D eigenvalue weighted by Crippen LogP contribution is 2.26. The van der Waals surface area contributed by atoms with E-state index in [1.165, 1.54) is 22.5 Å². The van der Waals surface area contributed by atoms with Crippen LogP contribution in [0.3, 0.4) is 0 Å². The Balaban J connectivity index is 2.61. The molecule has 0 aliphatic rings. The fourth-order valence-electron chi connectivity index (χ4n) is 1.39. The smallest absolute Gasteiger partial charge is 0.132 e. The molecule has 2 heteroatoms. The summed E-state index contributed by atoms with van der Waals surface area (Å²) in [4.78, 5) is 1.08. The van der Waals surface area contributed by atoms with E-state index in [-0.39, 0.29) is 5.94 Å². The number of benzene rings is 2. The molecule has 2 rings (SSSR count). The molecule has 65 valence electrons. The van der Waals surface area contributed by atoms with Gasteiger partial charge < -0.3 is 0 Å². The Kier molecular flexibility index (Phi) is 2.52. The predicted molar refractivity (Wildman–Crippen MR) is 55.4 cm³/mol. The average Bonchev–Trinajstić information content (AvgIpc) is 2.19. The number of rotatable bonds is 2. The van der Waals surface area contributed by atoms with Gasteiger partial charge in [0.05, 0.1) is 0 Å². The molecule has 0 aliphatic heterocycles. The molecule has 0 amide bonds. The molecule has 0 bridgehead atoms. The van der Waals surface area contributed by atoms with Crippen molar-refractivity contribution in [2.45, 2.75) is 4.90 Å². The van der Waals surface area contributed by atoms with Crippen LogP contribution in [-0.4, -0.2) is 5.94 Å². The van der Waals surface area contributed by atoms with Crippen molar-refractivity contribution in [3.8, 4) is 0 Å². The van der Waals surface area contributed by atoms with Crippen molar-refractivity contribution in [1.29, 1.82) is 0 Å². The van der Waals surface area contributed by atoms with E-state index in [2.05, 4.69) is 12.1 Å². The lowest BCUT2D eigenvalue weighted by Crippen LogP contribution is -1.77. The van der Waals surface area contributed by atoms with Gasteiger partial charge in [0.25, 0.3) is 0 Å². The molecule has 13 heavy (non-hydrogen) atoms. The molecular formula is C11H9OS. The lowest BCUT2D eigenvalue weighted by Gasteiger charge is -2.02. The van der Waals surface area contributed by atoms with Crippen LogP contribution in [0.4, 0.5) is 0 Å². The zero-order valence-electron chi connectivity index (χ0n) is 7.07. The van der Waals surface area contributed by atoms with Gasteiger partial charge in [0.15, 0.2) is 0 Å². The lowest BCUT2D eigenvalue weighted by atomic mass is 10.1. The summed E-state index contributed by atoms with van der Waals surface area (Å²) in [6, 6.07) is 14.2. The van der Waals surface area contributed by atoms with Crippen LogP contribution in [0.1, 0.15) is 0 Å². The summed E-state index contributed by atoms with van der Waals surface area (Å²) < 4.78 is 0. The summed E-state index contributed by atoms with van der Waals surface area (Å²) in [5.74, 6) is -0.117. The van der Waals surface area contributed by atoms with Crippen LogP contribution < -0.4 is 0 Å². The van der Waals surface area contributed by atoms with Crippen LogP contribution in [0, 0.1) is 0 Å². The monoisotopic (exact) mass is 189 g/mol. The van der Waals surface area contributed by atoms with Gasteiger partial charge in [-0.3, -0.25) is 0 Å².